The van der Waals surface area contributed by atoms with Gasteiger partial charge in [0.2, 0.25) is 5.75 Å². The van der Waals surface area contributed by atoms with E-state index in [9.17, 15) is 9.59 Å². The molecule has 0 atom stereocenters. The fraction of sp³-hybridized carbons (Fsp3) is 0.400. The quantitative estimate of drug-likeness (QED) is 0.585. The van der Waals surface area contributed by atoms with Crippen LogP contribution < -0.4 is 19.5 Å². The summed E-state index contributed by atoms with van der Waals surface area (Å²) in [6.07, 6.45) is 2.71. The van der Waals surface area contributed by atoms with Crippen molar-refractivity contribution in [2.75, 3.05) is 33.3 Å². The lowest BCUT2D eigenvalue weighted by molar-refractivity contribution is 0.0527. The molecule has 0 aliphatic heterocycles. The summed E-state index contributed by atoms with van der Waals surface area (Å²) in [6, 6.07) is 1.56. The number of hydrogen-bond acceptors (Lipinski definition) is 7. The summed E-state index contributed by atoms with van der Waals surface area (Å²) in [5.74, 6) is 0.266. The summed E-state index contributed by atoms with van der Waals surface area (Å²) < 4.78 is 21.7. The summed E-state index contributed by atoms with van der Waals surface area (Å²) in [6.45, 7) is 2.03. The third-order valence-electron chi connectivity index (χ3n) is 4.64. The molecule has 7 nitrogen and oxygen atoms in total. The Bertz CT molecular complexity index is 955. The molecule has 1 aromatic heterocycles. The molecule has 0 unspecified atom stereocenters. The number of aryl methyl sites for hydroxylation is 1. The van der Waals surface area contributed by atoms with Crippen LogP contribution in [0, 0.1) is 0 Å². The maximum absolute atomic E-state index is 13.1. The number of thiophene rings is 1. The number of anilines is 1. The highest BCUT2D eigenvalue weighted by molar-refractivity contribution is 9.10. The van der Waals surface area contributed by atoms with Crippen molar-refractivity contribution in [3.05, 3.63) is 32.1 Å². The van der Waals surface area contributed by atoms with Crippen molar-refractivity contribution in [2.45, 2.75) is 26.2 Å². The molecule has 0 fully saturated rings. The average molecular weight is 484 g/mol. The second-order valence-electron chi connectivity index (χ2n) is 6.24. The number of amides is 1. The van der Waals surface area contributed by atoms with Gasteiger partial charge in [-0.15, -0.1) is 11.3 Å². The number of halogens is 1. The predicted molar refractivity (Wildman–Crippen MR) is 114 cm³/mol. The minimum atomic E-state index is -0.411. The van der Waals surface area contributed by atoms with Gasteiger partial charge in [-0.1, -0.05) is 0 Å². The van der Waals surface area contributed by atoms with E-state index in [4.69, 9.17) is 18.9 Å². The van der Waals surface area contributed by atoms with Crippen molar-refractivity contribution in [1.82, 2.24) is 0 Å². The van der Waals surface area contributed by atoms with Crippen molar-refractivity contribution in [3.8, 4) is 17.2 Å². The van der Waals surface area contributed by atoms with E-state index < -0.39 is 11.9 Å². The van der Waals surface area contributed by atoms with Crippen molar-refractivity contribution in [3.63, 3.8) is 0 Å². The molecule has 0 bridgehead atoms. The van der Waals surface area contributed by atoms with Gasteiger partial charge >= 0.3 is 5.97 Å². The molecule has 1 N–H and O–H groups in total. The molecule has 0 saturated heterocycles. The van der Waals surface area contributed by atoms with Gasteiger partial charge in [-0.25, -0.2) is 4.79 Å². The number of fused-ring (bicyclic) bond motifs is 1. The summed E-state index contributed by atoms with van der Waals surface area (Å²) in [5, 5.41) is 3.37. The van der Waals surface area contributed by atoms with E-state index in [1.165, 1.54) is 32.7 Å². The van der Waals surface area contributed by atoms with Crippen LogP contribution in [0.5, 0.6) is 17.2 Å². The zero-order valence-corrected chi connectivity index (χ0v) is 19.0. The van der Waals surface area contributed by atoms with Crippen molar-refractivity contribution in [2.24, 2.45) is 0 Å². The highest BCUT2D eigenvalue weighted by Crippen LogP contribution is 2.45. The van der Waals surface area contributed by atoms with Gasteiger partial charge in [0.1, 0.15) is 5.00 Å². The summed E-state index contributed by atoms with van der Waals surface area (Å²) in [4.78, 5) is 26.7. The Kier molecular flexibility index (Phi) is 6.69. The first-order valence-corrected chi connectivity index (χ1v) is 10.7. The van der Waals surface area contributed by atoms with Crippen LogP contribution in [0.2, 0.25) is 0 Å². The van der Waals surface area contributed by atoms with Gasteiger partial charge in [0.25, 0.3) is 5.91 Å². The summed E-state index contributed by atoms with van der Waals surface area (Å²) >= 11 is 4.84. The van der Waals surface area contributed by atoms with Gasteiger partial charge in [0.05, 0.1) is 43.5 Å². The molecule has 0 saturated carbocycles. The first-order valence-electron chi connectivity index (χ1n) is 9.08. The topological polar surface area (TPSA) is 83.1 Å². The molecule has 9 heteroatoms. The Balaban J connectivity index is 2.01. The van der Waals surface area contributed by atoms with Crippen LogP contribution in [-0.2, 0) is 17.6 Å². The zero-order chi connectivity index (χ0) is 21.1. The number of rotatable bonds is 7. The van der Waals surface area contributed by atoms with E-state index in [2.05, 4.69) is 21.2 Å². The number of carbonyl (C=O) groups excluding carboxylic acids is 2. The number of nitrogens with one attached hydrogen (secondary N) is 1. The molecule has 0 radical (unpaired) electrons. The number of carbonyl (C=O) groups is 2. The average Bonchev–Trinajstić information content (AvgIpc) is 3.28. The van der Waals surface area contributed by atoms with Gasteiger partial charge < -0.3 is 24.3 Å². The van der Waals surface area contributed by atoms with Gasteiger partial charge in [-0.3, -0.25) is 4.79 Å². The number of ether oxygens (including phenoxy) is 4. The predicted octanol–water partition coefficient (Wildman–Crippen LogP) is 4.45. The van der Waals surface area contributed by atoms with Gasteiger partial charge in [0.15, 0.2) is 11.5 Å². The van der Waals surface area contributed by atoms with Gasteiger partial charge in [-0.05, 0) is 53.7 Å². The van der Waals surface area contributed by atoms with Crippen LogP contribution in [0.25, 0.3) is 0 Å². The molecule has 1 aromatic carbocycles. The molecule has 2 aromatic rings. The lowest BCUT2D eigenvalue weighted by atomic mass is 10.1. The van der Waals surface area contributed by atoms with Crippen LogP contribution in [0.4, 0.5) is 5.00 Å². The van der Waals surface area contributed by atoms with E-state index in [1.54, 1.807) is 13.0 Å². The fourth-order valence-electron chi connectivity index (χ4n) is 3.37. The minimum Gasteiger partial charge on any atom is -0.493 e. The molecule has 3 rings (SSSR count). The number of esters is 1. The van der Waals surface area contributed by atoms with Crippen molar-refractivity contribution >= 4 is 44.1 Å². The third-order valence-corrected chi connectivity index (χ3v) is 6.64. The highest BCUT2D eigenvalue weighted by atomic mass is 79.9. The standard InChI is InChI=1S/C20H22BrNO6S/c1-5-28-20(24)14-10-7-6-8-13(10)29-19(14)22-18(23)11-9-12(25-2)16(26-3)17(27-4)15(11)21/h9H,5-8H2,1-4H3,(H,22,23). The molecule has 1 amide bonds. The lowest BCUT2D eigenvalue weighted by Crippen LogP contribution is -2.16. The second-order valence-corrected chi connectivity index (χ2v) is 8.14. The van der Waals surface area contributed by atoms with Crippen LogP contribution in [-0.4, -0.2) is 39.8 Å². The van der Waals surface area contributed by atoms with E-state index in [0.717, 1.165) is 29.7 Å². The number of methoxy groups -OCH3 is 3. The summed E-state index contributed by atoms with van der Waals surface area (Å²) in [5.41, 5.74) is 1.73. The van der Waals surface area contributed by atoms with Gasteiger partial charge in [0, 0.05) is 4.88 Å². The molecule has 1 aliphatic carbocycles. The van der Waals surface area contributed by atoms with E-state index in [1.807, 2.05) is 0 Å². The summed E-state index contributed by atoms with van der Waals surface area (Å²) in [7, 11) is 4.45. The second kappa shape index (κ2) is 9.04. The number of hydrogen-bond donors (Lipinski definition) is 1. The fourth-order valence-corrected chi connectivity index (χ4v) is 5.28. The Morgan fingerprint density at radius 1 is 1.14 bits per heavy atom. The van der Waals surface area contributed by atoms with Crippen LogP contribution in [0.1, 0.15) is 44.5 Å². The van der Waals surface area contributed by atoms with E-state index in [-0.39, 0.29) is 6.61 Å². The largest absolute Gasteiger partial charge is 0.493 e. The smallest absolute Gasteiger partial charge is 0.341 e. The van der Waals surface area contributed by atoms with E-state index in [0.29, 0.717) is 37.8 Å². The molecule has 0 spiro atoms. The molecular formula is C20H22BrNO6S. The van der Waals surface area contributed by atoms with Crippen molar-refractivity contribution in [1.29, 1.82) is 0 Å². The maximum atomic E-state index is 13.1. The number of benzene rings is 1. The van der Waals surface area contributed by atoms with Crippen LogP contribution in [0.15, 0.2) is 10.5 Å². The minimum absolute atomic E-state index is 0.273. The van der Waals surface area contributed by atoms with Crippen LogP contribution in [0.3, 0.4) is 0 Å². The Morgan fingerprint density at radius 3 is 2.48 bits per heavy atom. The molecule has 1 heterocycles. The molecular weight excluding hydrogens is 462 g/mol. The van der Waals surface area contributed by atoms with Crippen molar-refractivity contribution < 1.29 is 28.5 Å². The SMILES string of the molecule is CCOC(=O)c1c(NC(=O)c2cc(OC)c(OC)c(OC)c2Br)sc2c1CCC2. The molecule has 29 heavy (non-hydrogen) atoms. The monoisotopic (exact) mass is 483 g/mol. The lowest BCUT2D eigenvalue weighted by Gasteiger charge is -2.16. The Morgan fingerprint density at radius 2 is 1.86 bits per heavy atom. The Labute approximate surface area is 181 Å². The zero-order valence-electron chi connectivity index (χ0n) is 16.6. The van der Waals surface area contributed by atoms with E-state index >= 15 is 0 Å². The Hall–Kier alpha value is -2.26. The molecule has 156 valence electrons. The first-order chi connectivity index (χ1) is 14.0. The third kappa shape index (κ3) is 3.93. The van der Waals surface area contributed by atoms with Crippen LogP contribution >= 0.6 is 27.3 Å². The highest BCUT2D eigenvalue weighted by Gasteiger charge is 2.30. The van der Waals surface area contributed by atoms with Gasteiger partial charge in [-0.2, -0.15) is 0 Å². The maximum Gasteiger partial charge on any atom is 0.341 e. The first kappa shape index (κ1) is 21.4. The molecule has 1 aliphatic rings. The normalized spacial score (nSPS) is 12.3.